The number of aliphatic carboxylic acids is 1. The van der Waals surface area contributed by atoms with E-state index in [2.05, 4.69) is 0 Å². The molecule has 0 aromatic carbocycles. The first kappa shape index (κ1) is 8.59. The summed E-state index contributed by atoms with van der Waals surface area (Å²) in [5.74, 6) is -0.879. The Bertz CT molecular complexity index is 323. The zero-order valence-corrected chi connectivity index (χ0v) is 7.11. The number of rotatable bonds is 2. The molecule has 12 heavy (non-hydrogen) atoms. The van der Waals surface area contributed by atoms with Gasteiger partial charge in [0.1, 0.15) is 0 Å². The van der Waals surface area contributed by atoms with E-state index in [4.69, 9.17) is 5.11 Å². The standard InChI is InChI=1S/C9H11NO2/c1-7(9(11)12)6-8-4-3-5-10(8)2/h3-6H,1-2H3,(H,11,12)/b7-6-. The van der Waals surface area contributed by atoms with Gasteiger partial charge in [-0.2, -0.15) is 0 Å². The molecule has 64 valence electrons. The maximum absolute atomic E-state index is 10.5. The van der Waals surface area contributed by atoms with Crippen LogP contribution in [0.15, 0.2) is 23.9 Å². The molecular formula is C9H11NO2. The zero-order chi connectivity index (χ0) is 9.14. The van der Waals surface area contributed by atoms with Crippen LogP contribution in [0.4, 0.5) is 0 Å². The number of hydrogen-bond acceptors (Lipinski definition) is 1. The molecule has 0 saturated heterocycles. The van der Waals surface area contributed by atoms with Crippen molar-refractivity contribution in [1.82, 2.24) is 4.57 Å². The SMILES string of the molecule is C/C(=C/c1cccn1C)C(=O)O. The Hall–Kier alpha value is -1.51. The number of carboxylic acids is 1. The molecular weight excluding hydrogens is 154 g/mol. The van der Waals surface area contributed by atoms with Crippen molar-refractivity contribution in [2.75, 3.05) is 0 Å². The van der Waals surface area contributed by atoms with Crippen LogP contribution in [0.2, 0.25) is 0 Å². The van der Waals surface area contributed by atoms with Crippen molar-refractivity contribution in [3.8, 4) is 0 Å². The number of carboxylic acid groups (broad SMARTS) is 1. The molecule has 3 nitrogen and oxygen atoms in total. The van der Waals surface area contributed by atoms with Gasteiger partial charge in [0.2, 0.25) is 0 Å². The van der Waals surface area contributed by atoms with E-state index in [0.29, 0.717) is 5.57 Å². The number of hydrogen-bond donors (Lipinski definition) is 1. The minimum absolute atomic E-state index is 0.344. The predicted octanol–water partition coefficient (Wildman–Crippen LogP) is 1.51. The third-order valence-electron chi connectivity index (χ3n) is 1.69. The molecule has 1 N–H and O–H groups in total. The summed E-state index contributed by atoms with van der Waals surface area (Å²) in [7, 11) is 1.88. The molecule has 1 aromatic heterocycles. The van der Waals surface area contributed by atoms with Gasteiger partial charge in [-0.25, -0.2) is 4.79 Å². The molecule has 1 rings (SSSR count). The average molecular weight is 165 g/mol. The second kappa shape index (κ2) is 3.26. The highest BCUT2D eigenvalue weighted by molar-refractivity contribution is 5.91. The van der Waals surface area contributed by atoms with E-state index >= 15 is 0 Å². The Kier molecular flexibility index (Phi) is 2.33. The van der Waals surface area contributed by atoms with Crippen LogP contribution in [0, 0.1) is 0 Å². The summed E-state index contributed by atoms with van der Waals surface area (Å²) < 4.78 is 1.87. The van der Waals surface area contributed by atoms with Gasteiger partial charge in [0.15, 0.2) is 0 Å². The molecule has 0 aliphatic heterocycles. The molecule has 0 spiro atoms. The highest BCUT2D eigenvalue weighted by Gasteiger charge is 2.00. The van der Waals surface area contributed by atoms with Gasteiger partial charge >= 0.3 is 5.97 Å². The van der Waals surface area contributed by atoms with Crippen molar-refractivity contribution in [2.45, 2.75) is 6.92 Å². The minimum Gasteiger partial charge on any atom is -0.478 e. The van der Waals surface area contributed by atoms with Crippen LogP contribution in [0.25, 0.3) is 6.08 Å². The van der Waals surface area contributed by atoms with Crippen molar-refractivity contribution >= 4 is 12.0 Å². The third-order valence-corrected chi connectivity index (χ3v) is 1.69. The molecule has 0 atom stereocenters. The molecule has 1 heterocycles. The van der Waals surface area contributed by atoms with Gasteiger partial charge in [-0.1, -0.05) is 0 Å². The first-order chi connectivity index (χ1) is 5.61. The van der Waals surface area contributed by atoms with Crippen molar-refractivity contribution in [3.63, 3.8) is 0 Å². The highest BCUT2D eigenvalue weighted by atomic mass is 16.4. The third kappa shape index (κ3) is 1.75. The fourth-order valence-corrected chi connectivity index (χ4v) is 0.908. The van der Waals surface area contributed by atoms with Crippen LogP contribution in [0.5, 0.6) is 0 Å². The fraction of sp³-hybridized carbons (Fsp3) is 0.222. The van der Waals surface area contributed by atoms with Gasteiger partial charge in [-0.15, -0.1) is 0 Å². The van der Waals surface area contributed by atoms with Crippen molar-refractivity contribution in [2.24, 2.45) is 7.05 Å². The van der Waals surface area contributed by atoms with Crippen LogP contribution in [0.3, 0.4) is 0 Å². The molecule has 1 aromatic rings. The van der Waals surface area contributed by atoms with E-state index in [0.717, 1.165) is 5.69 Å². The predicted molar refractivity (Wildman–Crippen MR) is 46.7 cm³/mol. The summed E-state index contributed by atoms with van der Waals surface area (Å²) in [6.45, 7) is 1.58. The Labute approximate surface area is 70.9 Å². The lowest BCUT2D eigenvalue weighted by Crippen LogP contribution is -1.97. The van der Waals surface area contributed by atoms with Gasteiger partial charge in [0.05, 0.1) is 0 Å². The topological polar surface area (TPSA) is 42.2 Å². The van der Waals surface area contributed by atoms with E-state index in [1.807, 2.05) is 29.9 Å². The molecule has 0 amide bonds. The lowest BCUT2D eigenvalue weighted by atomic mass is 10.2. The van der Waals surface area contributed by atoms with Crippen LogP contribution in [-0.4, -0.2) is 15.6 Å². The lowest BCUT2D eigenvalue weighted by Gasteiger charge is -1.96. The molecule has 0 bridgehead atoms. The van der Waals surface area contributed by atoms with Gasteiger partial charge < -0.3 is 9.67 Å². The maximum Gasteiger partial charge on any atom is 0.331 e. The highest BCUT2D eigenvalue weighted by Crippen LogP contribution is 2.06. The Morgan fingerprint density at radius 2 is 2.33 bits per heavy atom. The average Bonchev–Trinajstić information content (AvgIpc) is 2.36. The minimum atomic E-state index is -0.879. The number of nitrogens with zero attached hydrogens (tertiary/aromatic N) is 1. The summed E-state index contributed by atoms with van der Waals surface area (Å²) >= 11 is 0. The van der Waals surface area contributed by atoms with Crippen LogP contribution >= 0.6 is 0 Å². The van der Waals surface area contributed by atoms with Gasteiger partial charge in [-0.3, -0.25) is 0 Å². The first-order valence-corrected chi connectivity index (χ1v) is 3.64. The normalized spacial score (nSPS) is 11.7. The van der Waals surface area contributed by atoms with E-state index in [1.165, 1.54) is 0 Å². The summed E-state index contributed by atoms with van der Waals surface area (Å²) in [5, 5.41) is 8.59. The molecule has 0 radical (unpaired) electrons. The van der Waals surface area contributed by atoms with Crippen molar-refractivity contribution in [1.29, 1.82) is 0 Å². The summed E-state index contributed by atoms with van der Waals surface area (Å²) in [4.78, 5) is 10.5. The second-order valence-electron chi connectivity index (χ2n) is 2.68. The Balaban J connectivity index is 2.95. The Morgan fingerprint density at radius 3 is 2.75 bits per heavy atom. The molecule has 0 saturated carbocycles. The van der Waals surface area contributed by atoms with Crippen LogP contribution in [0.1, 0.15) is 12.6 Å². The van der Waals surface area contributed by atoms with Crippen molar-refractivity contribution in [3.05, 3.63) is 29.6 Å². The number of aryl methyl sites for hydroxylation is 1. The molecule has 3 heteroatoms. The van der Waals surface area contributed by atoms with Crippen LogP contribution < -0.4 is 0 Å². The van der Waals surface area contributed by atoms with Gasteiger partial charge in [0, 0.05) is 24.5 Å². The number of aromatic nitrogens is 1. The molecule has 0 aliphatic carbocycles. The van der Waals surface area contributed by atoms with E-state index in [9.17, 15) is 4.79 Å². The van der Waals surface area contributed by atoms with Gasteiger partial charge in [-0.05, 0) is 25.1 Å². The first-order valence-electron chi connectivity index (χ1n) is 3.64. The van der Waals surface area contributed by atoms with E-state index < -0.39 is 5.97 Å². The molecule has 0 aliphatic rings. The van der Waals surface area contributed by atoms with Gasteiger partial charge in [0.25, 0.3) is 0 Å². The number of carbonyl (C=O) groups is 1. The summed E-state index contributed by atoms with van der Waals surface area (Å²) in [6.07, 6.45) is 3.52. The van der Waals surface area contributed by atoms with E-state index in [1.54, 1.807) is 13.0 Å². The summed E-state index contributed by atoms with van der Waals surface area (Å²) in [6, 6.07) is 3.74. The zero-order valence-electron chi connectivity index (χ0n) is 7.11. The maximum atomic E-state index is 10.5. The smallest absolute Gasteiger partial charge is 0.331 e. The Morgan fingerprint density at radius 1 is 1.67 bits per heavy atom. The molecule has 0 unspecified atom stereocenters. The second-order valence-corrected chi connectivity index (χ2v) is 2.68. The monoisotopic (exact) mass is 165 g/mol. The quantitative estimate of drug-likeness (QED) is 0.675. The summed E-state index contributed by atoms with van der Waals surface area (Å²) in [5.41, 5.74) is 1.24. The van der Waals surface area contributed by atoms with E-state index in [-0.39, 0.29) is 0 Å². The lowest BCUT2D eigenvalue weighted by molar-refractivity contribution is -0.132. The fourth-order valence-electron chi connectivity index (χ4n) is 0.908. The largest absolute Gasteiger partial charge is 0.478 e. The van der Waals surface area contributed by atoms with Crippen molar-refractivity contribution < 1.29 is 9.90 Å². The molecule has 0 fully saturated rings. The van der Waals surface area contributed by atoms with Crippen LogP contribution in [-0.2, 0) is 11.8 Å².